The van der Waals surface area contributed by atoms with Crippen molar-refractivity contribution in [1.29, 1.82) is 0 Å². The Labute approximate surface area is 113 Å². The summed E-state index contributed by atoms with van der Waals surface area (Å²) in [6.07, 6.45) is 0.201. The van der Waals surface area contributed by atoms with Crippen LogP contribution in [-0.4, -0.2) is 38.1 Å². The minimum absolute atomic E-state index is 0.119. The third-order valence-electron chi connectivity index (χ3n) is 2.04. The van der Waals surface area contributed by atoms with Crippen LogP contribution in [0.2, 0.25) is 5.02 Å². The van der Waals surface area contributed by atoms with E-state index in [0.29, 0.717) is 10.7 Å². The lowest BCUT2D eigenvalue weighted by Crippen LogP contribution is -2.34. The van der Waals surface area contributed by atoms with Crippen molar-refractivity contribution >= 4 is 23.2 Å². The van der Waals surface area contributed by atoms with Gasteiger partial charge in [0.25, 0.3) is 0 Å². The zero-order chi connectivity index (χ0) is 13.6. The SMILES string of the molecule is C[N+](C)(C)CC#CCC(=O)Nc1cccc(Cl)c1. The van der Waals surface area contributed by atoms with Crippen molar-refractivity contribution < 1.29 is 9.28 Å². The largest absolute Gasteiger partial charge is 0.325 e. The highest BCUT2D eigenvalue weighted by Crippen LogP contribution is 2.14. The molecule has 4 heteroatoms. The lowest BCUT2D eigenvalue weighted by molar-refractivity contribution is -0.862. The number of hydrogen-bond acceptors (Lipinski definition) is 1. The van der Waals surface area contributed by atoms with Gasteiger partial charge in [0.2, 0.25) is 5.91 Å². The van der Waals surface area contributed by atoms with E-state index in [2.05, 4.69) is 38.3 Å². The molecule has 0 spiro atoms. The van der Waals surface area contributed by atoms with Crippen LogP contribution in [-0.2, 0) is 4.79 Å². The van der Waals surface area contributed by atoms with Crippen molar-refractivity contribution in [3.8, 4) is 11.8 Å². The molecule has 1 amide bonds. The molecule has 1 rings (SSSR count). The summed E-state index contributed by atoms with van der Waals surface area (Å²) < 4.78 is 0.767. The second-order valence-corrected chi connectivity index (χ2v) is 5.47. The van der Waals surface area contributed by atoms with Gasteiger partial charge in [-0.2, -0.15) is 0 Å². The van der Waals surface area contributed by atoms with E-state index < -0.39 is 0 Å². The quantitative estimate of drug-likeness (QED) is 0.660. The van der Waals surface area contributed by atoms with E-state index in [9.17, 15) is 4.79 Å². The zero-order valence-corrected chi connectivity index (χ0v) is 11.7. The Kier molecular flexibility index (Phi) is 5.21. The first-order valence-corrected chi connectivity index (χ1v) is 6.06. The Morgan fingerprint density at radius 2 is 2.06 bits per heavy atom. The predicted molar refractivity (Wildman–Crippen MR) is 75.4 cm³/mol. The maximum atomic E-state index is 11.6. The van der Waals surface area contributed by atoms with Gasteiger partial charge in [-0.25, -0.2) is 0 Å². The summed E-state index contributed by atoms with van der Waals surface area (Å²) in [6, 6.07) is 7.06. The molecule has 0 radical (unpaired) electrons. The number of anilines is 1. The summed E-state index contributed by atoms with van der Waals surface area (Å²) in [4.78, 5) is 11.6. The van der Waals surface area contributed by atoms with Crippen LogP contribution in [0.25, 0.3) is 0 Å². The summed E-state index contributed by atoms with van der Waals surface area (Å²) in [5.74, 6) is 5.74. The number of rotatable bonds is 3. The van der Waals surface area contributed by atoms with Crippen LogP contribution in [0.15, 0.2) is 24.3 Å². The van der Waals surface area contributed by atoms with E-state index in [-0.39, 0.29) is 12.3 Å². The number of nitrogens with zero attached hydrogens (tertiary/aromatic N) is 1. The Morgan fingerprint density at radius 3 is 2.67 bits per heavy atom. The maximum Gasteiger partial charge on any atom is 0.236 e. The Hall–Kier alpha value is -1.50. The maximum absolute atomic E-state index is 11.6. The van der Waals surface area contributed by atoms with Gasteiger partial charge in [-0.1, -0.05) is 23.6 Å². The Bertz CT molecular complexity index is 481. The number of benzene rings is 1. The molecule has 0 aromatic heterocycles. The molecule has 0 aliphatic carbocycles. The van der Waals surface area contributed by atoms with Crippen LogP contribution in [0.1, 0.15) is 6.42 Å². The average Bonchev–Trinajstić information content (AvgIpc) is 2.23. The van der Waals surface area contributed by atoms with E-state index in [1.54, 1.807) is 24.3 Å². The fraction of sp³-hybridized carbons (Fsp3) is 0.357. The molecule has 0 bridgehead atoms. The lowest BCUT2D eigenvalue weighted by atomic mass is 10.3. The van der Waals surface area contributed by atoms with Gasteiger partial charge in [-0.05, 0) is 24.1 Å². The van der Waals surface area contributed by atoms with Gasteiger partial charge in [0.05, 0.1) is 27.6 Å². The van der Waals surface area contributed by atoms with Crippen LogP contribution in [0.5, 0.6) is 0 Å². The molecular weight excluding hydrogens is 248 g/mol. The first kappa shape index (κ1) is 14.6. The molecule has 0 unspecified atom stereocenters. The van der Waals surface area contributed by atoms with Crippen LogP contribution in [0.4, 0.5) is 5.69 Å². The molecule has 0 saturated carbocycles. The van der Waals surface area contributed by atoms with Gasteiger partial charge in [-0.3, -0.25) is 4.79 Å². The number of amides is 1. The molecular formula is C14H18ClN2O+. The van der Waals surface area contributed by atoms with E-state index in [1.807, 2.05) is 0 Å². The van der Waals surface area contributed by atoms with Gasteiger partial charge >= 0.3 is 0 Å². The van der Waals surface area contributed by atoms with Crippen LogP contribution in [0, 0.1) is 11.8 Å². The summed E-state index contributed by atoms with van der Waals surface area (Å²) >= 11 is 5.82. The highest BCUT2D eigenvalue weighted by molar-refractivity contribution is 6.30. The molecule has 0 aliphatic rings. The van der Waals surface area contributed by atoms with Crippen LogP contribution in [0.3, 0.4) is 0 Å². The standard InChI is InChI=1S/C14H17ClN2O/c1-17(2,3)10-5-4-9-14(18)16-13-8-6-7-12(15)11-13/h6-8,11H,9-10H2,1-3H3/p+1. The highest BCUT2D eigenvalue weighted by Gasteiger charge is 2.03. The van der Waals surface area contributed by atoms with E-state index >= 15 is 0 Å². The van der Waals surface area contributed by atoms with Gasteiger partial charge in [0, 0.05) is 10.7 Å². The molecule has 18 heavy (non-hydrogen) atoms. The van der Waals surface area contributed by atoms with Crippen molar-refractivity contribution in [2.45, 2.75) is 6.42 Å². The molecule has 0 saturated heterocycles. The van der Waals surface area contributed by atoms with Gasteiger partial charge in [0.1, 0.15) is 6.54 Å². The van der Waals surface area contributed by atoms with Crippen molar-refractivity contribution in [1.82, 2.24) is 0 Å². The van der Waals surface area contributed by atoms with Crippen molar-refractivity contribution in [3.05, 3.63) is 29.3 Å². The summed E-state index contributed by atoms with van der Waals surface area (Å²) in [5.41, 5.74) is 0.695. The summed E-state index contributed by atoms with van der Waals surface area (Å²) in [7, 11) is 6.17. The average molecular weight is 266 g/mol. The summed E-state index contributed by atoms with van der Waals surface area (Å²) in [6.45, 7) is 0.727. The molecule has 96 valence electrons. The molecule has 0 heterocycles. The van der Waals surface area contributed by atoms with Gasteiger partial charge in [0.15, 0.2) is 0 Å². The van der Waals surface area contributed by atoms with Crippen molar-refractivity contribution in [2.24, 2.45) is 0 Å². The number of carbonyl (C=O) groups is 1. The molecule has 0 fully saturated rings. The number of nitrogens with one attached hydrogen (secondary N) is 1. The normalized spacial score (nSPS) is 10.4. The lowest BCUT2D eigenvalue weighted by Gasteiger charge is -2.19. The molecule has 1 N–H and O–H groups in total. The highest BCUT2D eigenvalue weighted by atomic mass is 35.5. The van der Waals surface area contributed by atoms with Crippen molar-refractivity contribution in [3.63, 3.8) is 0 Å². The van der Waals surface area contributed by atoms with E-state index in [1.165, 1.54) is 0 Å². The second-order valence-electron chi connectivity index (χ2n) is 5.04. The molecule has 3 nitrogen and oxygen atoms in total. The molecule has 0 atom stereocenters. The molecule has 0 aliphatic heterocycles. The van der Waals surface area contributed by atoms with Crippen molar-refractivity contribution in [2.75, 3.05) is 33.0 Å². The Morgan fingerprint density at radius 1 is 1.33 bits per heavy atom. The van der Waals surface area contributed by atoms with Crippen LogP contribution < -0.4 is 5.32 Å². The first-order valence-electron chi connectivity index (χ1n) is 5.68. The summed E-state index contributed by atoms with van der Waals surface area (Å²) in [5, 5.41) is 3.35. The fourth-order valence-corrected chi connectivity index (χ4v) is 1.40. The second kappa shape index (κ2) is 6.44. The molecule has 1 aromatic carbocycles. The minimum Gasteiger partial charge on any atom is -0.325 e. The van der Waals surface area contributed by atoms with E-state index in [4.69, 9.17) is 11.6 Å². The van der Waals surface area contributed by atoms with Gasteiger partial charge < -0.3 is 9.80 Å². The minimum atomic E-state index is -0.119. The number of halogens is 1. The third kappa shape index (κ3) is 6.29. The molecule has 1 aromatic rings. The third-order valence-corrected chi connectivity index (χ3v) is 2.27. The first-order chi connectivity index (χ1) is 8.37. The topological polar surface area (TPSA) is 29.1 Å². The monoisotopic (exact) mass is 265 g/mol. The predicted octanol–water partition coefficient (Wildman–Crippen LogP) is 2.38. The Balaban J connectivity index is 2.43. The number of quaternary nitrogens is 1. The zero-order valence-electron chi connectivity index (χ0n) is 11.0. The van der Waals surface area contributed by atoms with Crippen LogP contribution >= 0.6 is 11.6 Å². The number of hydrogen-bond donors (Lipinski definition) is 1. The van der Waals surface area contributed by atoms with Gasteiger partial charge in [-0.15, -0.1) is 0 Å². The number of carbonyl (C=O) groups excluding carboxylic acids is 1. The van der Waals surface area contributed by atoms with E-state index in [0.717, 1.165) is 11.0 Å². The fourth-order valence-electron chi connectivity index (χ4n) is 1.21. The smallest absolute Gasteiger partial charge is 0.236 e.